The number of alkyl halides is 2. The summed E-state index contributed by atoms with van der Waals surface area (Å²) in [5.41, 5.74) is 0.477. The Morgan fingerprint density at radius 2 is 1.85 bits per heavy atom. The summed E-state index contributed by atoms with van der Waals surface area (Å²) >= 11 is 0. The highest BCUT2D eigenvalue weighted by Crippen LogP contribution is 2.18. The molecule has 0 spiro atoms. The molecular formula is C19H26F2N2O3. The third-order valence-electron chi connectivity index (χ3n) is 4.87. The molecule has 5 nitrogen and oxygen atoms in total. The number of nitrogens with zero attached hydrogens (tertiary/aromatic N) is 2. The minimum absolute atomic E-state index is 0.0148. The maximum absolute atomic E-state index is 12.8. The van der Waals surface area contributed by atoms with Crippen LogP contribution in [0.4, 0.5) is 8.78 Å². The molecule has 1 aromatic carbocycles. The van der Waals surface area contributed by atoms with Crippen LogP contribution in [-0.4, -0.2) is 67.8 Å². The fraction of sp³-hybridized carbons (Fsp3) is 0.632. The predicted octanol–water partition coefficient (Wildman–Crippen LogP) is 3.01. The summed E-state index contributed by atoms with van der Waals surface area (Å²) in [6, 6.07) is 5.87. The highest BCUT2D eigenvalue weighted by Gasteiger charge is 2.25. The third-order valence-corrected chi connectivity index (χ3v) is 4.87. The van der Waals surface area contributed by atoms with Crippen LogP contribution in [0.25, 0.3) is 0 Å². The molecule has 3 rings (SSSR count). The molecule has 0 N–H and O–H groups in total. The number of halogens is 2. The van der Waals surface area contributed by atoms with E-state index in [1.165, 1.54) is 43.5 Å². The number of hydrogen-bond donors (Lipinski definition) is 0. The van der Waals surface area contributed by atoms with Gasteiger partial charge in [0, 0.05) is 31.8 Å². The van der Waals surface area contributed by atoms with Crippen molar-refractivity contribution in [1.29, 1.82) is 0 Å². The number of hydrogen-bond acceptors (Lipinski definition) is 4. The predicted molar refractivity (Wildman–Crippen MR) is 93.6 cm³/mol. The van der Waals surface area contributed by atoms with Crippen LogP contribution in [0, 0.1) is 0 Å². The van der Waals surface area contributed by atoms with Gasteiger partial charge in [0.2, 0.25) is 0 Å². The molecule has 0 unspecified atom stereocenters. The van der Waals surface area contributed by atoms with E-state index in [2.05, 4.69) is 9.64 Å². The van der Waals surface area contributed by atoms with Gasteiger partial charge < -0.3 is 19.3 Å². The minimum atomic E-state index is -2.87. The van der Waals surface area contributed by atoms with Crippen LogP contribution >= 0.6 is 0 Å². The van der Waals surface area contributed by atoms with E-state index in [1.807, 2.05) is 4.90 Å². The lowest BCUT2D eigenvalue weighted by Gasteiger charge is -2.31. The minimum Gasteiger partial charge on any atom is -0.435 e. The zero-order chi connectivity index (χ0) is 18.4. The van der Waals surface area contributed by atoms with Gasteiger partial charge in [-0.15, -0.1) is 0 Å². The molecule has 0 bridgehead atoms. The molecule has 7 heteroatoms. The van der Waals surface area contributed by atoms with E-state index in [0.29, 0.717) is 25.3 Å². The number of carbonyl (C=O) groups is 1. The summed E-state index contributed by atoms with van der Waals surface area (Å²) in [5.74, 6) is -0.0403. The smallest absolute Gasteiger partial charge is 0.387 e. The van der Waals surface area contributed by atoms with Gasteiger partial charge in [-0.1, -0.05) is 6.42 Å². The summed E-state index contributed by atoms with van der Waals surface area (Å²) in [6.45, 7) is 2.04. The van der Waals surface area contributed by atoms with Crippen molar-refractivity contribution in [2.45, 2.75) is 38.4 Å². The molecule has 2 aliphatic heterocycles. The van der Waals surface area contributed by atoms with E-state index < -0.39 is 6.61 Å². The first kappa shape index (κ1) is 19.0. The molecule has 2 fully saturated rings. The topological polar surface area (TPSA) is 42.0 Å². The van der Waals surface area contributed by atoms with Gasteiger partial charge >= 0.3 is 6.61 Å². The highest BCUT2D eigenvalue weighted by atomic mass is 19.3. The Morgan fingerprint density at radius 1 is 1.12 bits per heavy atom. The number of piperidine rings is 1. The summed E-state index contributed by atoms with van der Waals surface area (Å²) in [6.07, 6.45) is 4.55. The number of ether oxygens (including phenoxy) is 2. The van der Waals surface area contributed by atoms with Crippen molar-refractivity contribution < 1.29 is 23.0 Å². The van der Waals surface area contributed by atoms with E-state index >= 15 is 0 Å². The van der Waals surface area contributed by atoms with Crippen molar-refractivity contribution in [2.24, 2.45) is 0 Å². The average molecular weight is 368 g/mol. The lowest BCUT2D eigenvalue weighted by Crippen LogP contribution is -2.43. The first-order valence-electron chi connectivity index (χ1n) is 9.30. The Kier molecular flexibility index (Phi) is 6.80. The standard InChI is InChI=1S/C19H26F2N2O3/c20-19(21)26-16-7-5-15(6-8-16)18(24)23-11-4-12-25-17(14-23)13-22-9-2-1-3-10-22/h5-8,17,19H,1-4,9-14H2/t17-/m0/s1. The molecule has 0 saturated carbocycles. The summed E-state index contributed by atoms with van der Waals surface area (Å²) in [5, 5.41) is 0. The first-order chi connectivity index (χ1) is 12.6. The second kappa shape index (κ2) is 9.28. The van der Waals surface area contributed by atoms with Gasteiger partial charge in [-0.3, -0.25) is 4.79 Å². The number of carbonyl (C=O) groups excluding carboxylic acids is 1. The average Bonchev–Trinajstić information content (AvgIpc) is 2.88. The fourth-order valence-corrected chi connectivity index (χ4v) is 3.58. The molecule has 0 aromatic heterocycles. The number of benzene rings is 1. The zero-order valence-electron chi connectivity index (χ0n) is 14.9. The molecule has 1 amide bonds. The van der Waals surface area contributed by atoms with Crippen molar-refractivity contribution in [3.05, 3.63) is 29.8 Å². The van der Waals surface area contributed by atoms with Crippen LogP contribution in [0.15, 0.2) is 24.3 Å². The SMILES string of the molecule is O=C(c1ccc(OC(F)F)cc1)N1CCCO[C@@H](CN2CCCCC2)C1. The van der Waals surface area contributed by atoms with Crippen molar-refractivity contribution in [3.63, 3.8) is 0 Å². The van der Waals surface area contributed by atoms with Crippen molar-refractivity contribution in [3.8, 4) is 5.75 Å². The number of likely N-dealkylation sites (tertiary alicyclic amines) is 1. The Balaban J connectivity index is 1.59. The van der Waals surface area contributed by atoms with Gasteiger partial charge in [0.15, 0.2) is 0 Å². The van der Waals surface area contributed by atoms with Crippen molar-refractivity contribution in [2.75, 3.05) is 39.3 Å². The molecule has 0 aliphatic carbocycles. The summed E-state index contributed by atoms with van der Waals surface area (Å²) < 4.78 is 34.7. The van der Waals surface area contributed by atoms with Gasteiger partial charge in [-0.2, -0.15) is 8.78 Å². The summed E-state index contributed by atoms with van der Waals surface area (Å²) in [7, 11) is 0. The fourth-order valence-electron chi connectivity index (χ4n) is 3.58. The van der Waals surface area contributed by atoms with E-state index in [4.69, 9.17) is 4.74 Å². The monoisotopic (exact) mass is 368 g/mol. The highest BCUT2D eigenvalue weighted by molar-refractivity contribution is 5.94. The van der Waals surface area contributed by atoms with Crippen molar-refractivity contribution in [1.82, 2.24) is 9.80 Å². The van der Waals surface area contributed by atoms with Crippen LogP contribution < -0.4 is 4.74 Å². The van der Waals surface area contributed by atoms with E-state index in [9.17, 15) is 13.6 Å². The lowest BCUT2D eigenvalue weighted by atomic mass is 10.1. The van der Waals surface area contributed by atoms with E-state index in [-0.39, 0.29) is 17.8 Å². The largest absolute Gasteiger partial charge is 0.435 e. The molecule has 144 valence electrons. The van der Waals surface area contributed by atoms with Crippen molar-refractivity contribution >= 4 is 5.91 Å². The molecule has 2 aliphatic rings. The van der Waals surface area contributed by atoms with Gasteiger partial charge in [-0.25, -0.2) is 0 Å². The lowest BCUT2D eigenvalue weighted by molar-refractivity contribution is -0.0498. The second-order valence-corrected chi connectivity index (χ2v) is 6.86. The van der Waals surface area contributed by atoms with Crippen LogP contribution in [0.3, 0.4) is 0 Å². The normalized spacial score (nSPS) is 22.3. The number of rotatable bonds is 5. The van der Waals surface area contributed by atoms with Crippen LogP contribution in [0.5, 0.6) is 5.75 Å². The molecule has 1 aromatic rings. The van der Waals surface area contributed by atoms with Crippen LogP contribution in [0.1, 0.15) is 36.0 Å². The molecule has 0 radical (unpaired) electrons. The maximum Gasteiger partial charge on any atom is 0.387 e. The molecule has 1 atom stereocenters. The molecular weight excluding hydrogens is 342 g/mol. The van der Waals surface area contributed by atoms with Gasteiger partial charge in [0.25, 0.3) is 5.91 Å². The quantitative estimate of drug-likeness (QED) is 0.801. The van der Waals surface area contributed by atoms with E-state index in [0.717, 1.165) is 26.1 Å². The van der Waals surface area contributed by atoms with Crippen LogP contribution in [-0.2, 0) is 4.74 Å². The molecule has 2 heterocycles. The Morgan fingerprint density at radius 3 is 2.54 bits per heavy atom. The number of amides is 1. The summed E-state index contributed by atoms with van der Waals surface area (Å²) in [4.78, 5) is 17.0. The first-order valence-corrected chi connectivity index (χ1v) is 9.30. The molecule has 2 saturated heterocycles. The van der Waals surface area contributed by atoms with E-state index in [1.54, 1.807) is 0 Å². The Hall–Kier alpha value is -1.73. The van der Waals surface area contributed by atoms with Gasteiger partial charge in [0.1, 0.15) is 5.75 Å². The van der Waals surface area contributed by atoms with Gasteiger partial charge in [-0.05, 0) is 56.6 Å². The maximum atomic E-state index is 12.8. The molecule has 26 heavy (non-hydrogen) atoms. The zero-order valence-corrected chi connectivity index (χ0v) is 14.9. The Labute approximate surface area is 152 Å². The third kappa shape index (κ3) is 5.38. The Bertz CT molecular complexity index is 577. The second-order valence-electron chi connectivity index (χ2n) is 6.86. The van der Waals surface area contributed by atoms with Gasteiger partial charge in [0.05, 0.1) is 6.10 Å². The van der Waals surface area contributed by atoms with Crippen LogP contribution in [0.2, 0.25) is 0 Å².